The molecule has 3 heteroatoms. The van der Waals surface area contributed by atoms with E-state index in [-0.39, 0.29) is 12.3 Å². The van der Waals surface area contributed by atoms with E-state index in [1.807, 2.05) is 0 Å². The van der Waals surface area contributed by atoms with Gasteiger partial charge in [0.2, 0.25) is 5.91 Å². The van der Waals surface area contributed by atoms with Crippen LogP contribution in [0.1, 0.15) is 19.3 Å². The van der Waals surface area contributed by atoms with E-state index in [4.69, 9.17) is 5.11 Å². The smallest absolute Gasteiger partial charge is 0.225 e. The highest BCUT2D eigenvalue weighted by Crippen LogP contribution is 2.09. The fraction of sp³-hybridized carbons (Fsp3) is 0.667. The second-order valence-corrected chi connectivity index (χ2v) is 3.10. The Labute approximate surface area is 72.7 Å². The summed E-state index contributed by atoms with van der Waals surface area (Å²) in [6.45, 7) is 5.12. The molecule has 0 saturated carbocycles. The molecule has 0 radical (unpaired) electrons. The second-order valence-electron chi connectivity index (χ2n) is 3.10. The molecule has 0 aromatic heterocycles. The lowest BCUT2D eigenvalue weighted by Crippen LogP contribution is -2.30. The average Bonchev–Trinajstić information content (AvgIpc) is 2.56. The molecular formula is C9H15NO2. The number of nitrogens with zero attached hydrogens (tertiary/aromatic N) is 1. The van der Waals surface area contributed by atoms with E-state index >= 15 is 0 Å². The molecule has 0 aromatic carbocycles. The molecule has 0 bridgehead atoms. The fourth-order valence-electron chi connectivity index (χ4n) is 1.36. The molecule has 1 atom stereocenters. The lowest BCUT2D eigenvalue weighted by molar-refractivity contribution is -0.131. The molecule has 1 unspecified atom stereocenters. The molecule has 0 aromatic rings. The molecule has 0 spiro atoms. The Hall–Kier alpha value is -0.830. The van der Waals surface area contributed by atoms with Gasteiger partial charge in [-0.05, 0) is 12.8 Å². The van der Waals surface area contributed by atoms with Crippen molar-refractivity contribution < 1.29 is 9.90 Å². The molecule has 1 fully saturated rings. The summed E-state index contributed by atoms with van der Waals surface area (Å²) in [5.41, 5.74) is 0. The number of likely N-dealkylation sites (tertiary alicyclic amines) is 1. The van der Waals surface area contributed by atoms with Gasteiger partial charge < -0.3 is 10.0 Å². The predicted octanol–water partition coefficient (Wildman–Crippen LogP) is 0.546. The number of rotatable bonds is 3. The van der Waals surface area contributed by atoms with Gasteiger partial charge in [-0.15, -0.1) is 6.58 Å². The van der Waals surface area contributed by atoms with Gasteiger partial charge in [-0.3, -0.25) is 4.79 Å². The highest BCUT2D eigenvalue weighted by Gasteiger charge is 2.19. The monoisotopic (exact) mass is 169 g/mol. The average molecular weight is 169 g/mol. The Bertz CT molecular complexity index is 173. The van der Waals surface area contributed by atoms with Gasteiger partial charge in [0.15, 0.2) is 0 Å². The van der Waals surface area contributed by atoms with E-state index in [0.29, 0.717) is 0 Å². The molecule has 1 heterocycles. The predicted molar refractivity (Wildman–Crippen MR) is 46.6 cm³/mol. The zero-order valence-corrected chi connectivity index (χ0v) is 7.20. The third-order valence-corrected chi connectivity index (χ3v) is 2.11. The number of carbonyl (C=O) groups is 1. The van der Waals surface area contributed by atoms with E-state index in [0.717, 1.165) is 25.9 Å². The molecule has 3 nitrogen and oxygen atoms in total. The third kappa shape index (κ3) is 2.34. The molecular weight excluding hydrogens is 154 g/mol. The highest BCUT2D eigenvalue weighted by molar-refractivity contribution is 5.77. The van der Waals surface area contributed by atoms with Crippen LogP contribution in [-0.2, 0) is 4.79 Å². The van der Waals surface area contributed by atoms with Crippen molar-refractivity contribution in [3.05, 3.63) is 12.7 Å². The van der Waals surface area contributed by atoms with Crippen LogP contribution in [0.5, 0.6) is 0 Å². The van der Waals surface area contributed by atoms with Crippen molar-refractivity contribution in [2.75, 3.05) is 13.1 Å². The van der Waals surface area contributed by atoms with E-state index in [9.17, 15) is 4.79 Å². The number of hydrogen-bond acceptors (Lipinski definition) is 2. The molecule has 1 amide bonds. The van der Waals surface area contributed by atoms with Crippen molar-refractivity contribution in [2.24, 2.45) is 0 Å². The Morgan fingerprint density at radius 3 is 2.67 bits per heavy atom. The zero-order valence-electron chi connectivity index (χ0n) is 7.20. The van der Waals surface area contributed by atoms with Crippen LogP contribution in [0.4, 0.5) is 0 Å². The van der Waals surface area contributed by atoms with Gasteiger partial charge in [0.1, 0.15) is 0 Å². The lowest BCUT2D eigenvalue weighted by atomic mass is 10.2. The SMILES string of the molecule is C=CC(O)CC(=O)N1CCCC1. The van der Waals surface area contributed by atoms with Crippen LogP contribution in [0.3, 0.4) is 0 Å². The summed E-state index contributed by atoms with van der Waals surface area (Å²) in [5, 5.41) is 9.12. The largest absolute Gasteiger partial charge is 0.389 e. The van der Waals surface area contributed by atoms with Gasteiger partial charge in [-0.1, -0.05) is 6.08 Å². The molecule has 12 heavy (non-hydrogen) atoms. The highest BCUT2D eigenvalue weighted by atomic mass is 16.3. The maximum absolute atomic E-state index is 11.3. The molecule has 0 aliphatic carbocycles. The van der Waals surface area contributed by atoms with E-state index < -0.39 is 6.10 Å². The first kappa shape index (κ1) is 9.26. The minimum absolute atomic E-state index is 0.0416. The minimum atomic E-state index is -0.682. The van der Waals surface area contributed by atoms with Gasteiger partial charge in [0.25, 0.3) is 0 Å². The zero-order chi connectivity index (χ0) is 8.97. The van der Waals surface area contributed by atoms with Crippen molar-refractivity contribution in [1.82, 2.24) is 4.90 Å². The molecule has 68 valence electrons. The van der Waals surface area contributed by atoms with Crippen LogP contribution in [-0.4, -0.2) is 35.1 Å². The van der Waals surface area contributed by atoms with E-state index in [1.54, 1.807) is 4.90 Å². The molecule has 1 aliphatic heterocycles. The van der Waals surface area contributed by atoms with Crippen LogP contribution < -0.4 is 0 Å². The summed E-state index contributed by atoms with van der Waals surface area (Å²) >= 11 is 0. The van der Waals surface area contributed by atoms with Gasteiger partial charge in [0.05, 0.1) is 12.5 Å². The van der Waals surface area contributed by atoms with Gasteiger partial charge in [0, 0.05) is 13.1 Å². The number of aliphatic hydroxyl groups excluding tert-OH is 1. The first-order valence-electron chi connectivity index (χ1n) is 4.32. The van der Waals surface area contributed by atoms with Crippen molar-refractivity contribution >= 4 is 5.91 Å². The Morgan fingerprint density at radius 1 is 1.58 bits per heavy atom. The molecule has 1 N–H and O–H groups in total. The Morgan fingerprint density at radius 2 is 2.17 bits per heavy atom. The van der Waals surface area contributed by atoms with Crippen LogP contribution in [0, 0.1) is 0 Å². The first-order valence-corrected chi connectivity index (χ1v) is 4.32. The van der Waals surface area contributed by atoms with Crippen LogP contribution in [0.25, 0.3) is 0 Å². The van der Waals surface area contributed by atoms with Crippen LogP contribution in [0.2, 0.25) is 0 Å². The number of aliphatic hydroxyl groups is 1. The summed E-state index contributed by atoms with van der Waals surface area (Å²) in [7, 11) is 0. The first-order chi connectivity index (χ1) is 5.74. The maximum Gasteiger partial charge on any atom is 0.225 e. The Kier molecular flexibility index (Phi) is 3.29. The summed E-state index contributed by atoms with van der Waals surface area (Å²) in [6, 6.07) is 0. The van der Waals surface area contributed by atoms with Gasteiger partial charge in [-0.25, -0.2) is 0 Å². The number of carbonyl (C=O) groups excluding carboxylic acids is 1. The summed E-state index contributed by atoms with van der Waals surface area (Å²) in [6.07, 6.45) is 3.08. The normalized spacial score (nSPS) is 19.2. The number of hydrogen-bond donors (Lipinski definition) is 1. The fourth-order valence-corrected chi connectivity index (χ4v) is 1.36. The minimum Gasteiger partial charge on any atom is -0.389 e. The van der Waals surface area contributed by atoms with E-state index in [2.05, 4.69) is 6.58 Å². The second kappa shape index (κ2) is 4.26. The van der Waals surface area contributed by atoms with Crippen LogP contribution >= 0.6 is 0 Å². The summed E-state index contributed by atoms with van der Waals surface area (Å²) < 4.78 is 0. The quantitative estimate of drug-likeness (QED) is 0.627. The van der Waals surface area contributed by atoms with Crippen molar-refractivity contribution in [3.8, 4) is 0 Å². The Balaban J connectivity index is 2.31. The van der Waals surface area contributed by atoms with Crippen molar-refractivity contribution in [3.63, 3.8) is 0 Å². The lowest BCUT2D eigenvalue weighted by Gasteiger charge is -2.15. The van der Waals surface area contributed by atoms with Gasteiger partial charge in [-0.2, -0.15) is 0 Å². The maximum atomic E-state index is 11.3. The summed E-state index contributed by atoms with van der Waals surface area (Å²) in [4.78, 5) is 13.1. The topological polar surface area (TPSA) is 40.5 Å². The molecule has 1 aliphatic rings. The van der Waals surface area contributed by atoms with Crippen LogP contribution in [0.15, 0.2) is 12.7 Å². The van der Waals surface area contributed by atoms with Crippen molar-refractivity contribution in [2.45, 2.75) is 25.4 Å². The standard InChI is InChI=1S/C9H15NO2/c1-2-8(11)7-9(12)10-5-3-4-6-10/h2,8,11H,1,3-7H2. The van der Waals surface area contributed by atoms with E-state index in [1.165, 1.54) is 6.08 Å². The molecule has 1 saturated heterocycles. The molecule has 1 rings (SSSR count). The van der Waals surface area contributed by atoms with Crippen molar-refractivity contribution in [1.29, 1.82) is 0 Å². The number of amides is 1. The third-order valence-electron chi connectivity index (χ3n) is 2.11. The summed E-state index contributed by atoms with van der Waals surface area (Å²) in [5.74, 6) is 0.0416. The van der Waals surface area contributed by atoms with Gasteiger partial charge >= 0.3 is 0 Å².